The summed E-state index contributed by atoms with van der Waals surface area (Å²) < 4.78 is 6.64. The molecule has 3 rings (SSSR count). The van der Waals surface area contributed by atoms with Crippen LogP contribution in [0.2, 0.25) is 4.82 Å². The maximum absolute atomic E-state index is 11.9. The molecule has 3 unspecified atom stereocenters. The molecule has 0 aromatic heterocycles. The van der Waals surface area contributed by atoms with Crippen LogP contribution in [0.5, 0.6) is 0 Å². The second-order valence-corrected chi connectivity index (χ2v) is 6.67. The van der Waals surface area contributed by atoms with Gasteiger partial charge in [0.25, 0.3) is 0 Å². The van der Waals surface area contributed by atoms with Gasteiger partial charge >= 0.3 is 94.9 Å². The first-order valence-electron chi connectivity index (χ1n) is 5.25. The molecule has 0 spiro atoms. The average molecular weight is 267 g/mol. The monoisotopic (exact) mass is 268 g/mol. The normalized spacial score (nSPS) is 33.6. The molecule has 1 aliphatic heterocycles. The van der Waals surface area contributed by atoms with E-state index in [-0.39, 0.29) is 32.0 Å². The summed E-state index contributed by atoms with van der Waals surface area (Å²) >= 11 is 0.287. The van der Waals surface area contributed by atoms with Gasteiger partial charge in [-0.1, -0.05) is 0 Å². The molecule has 1 saturated heterocycles. The number of ketones is 1. The van der Waals surface area contributed by atoms with Gasteiger partial charge in [0.05, 0.1) is 0 Å². The van der Waals surface area contributed by atoms with Gasteiger partial charge in [-0.3, -0.25) is 0 Å². The fourth-order valence-electron chi connectivity index (χ4n) is 2.03. The summed E-state index contributed by atoms with van der Waals surface area (Å²) in [6, 6.07) is 10.3. The molecule has 1 aromatic carbocycles. The number of epoxide rings is 1. The van der Waals surface area contributed by atoms with Crippen molar-refractivity contribution in [3.05, 3.63) is 30.3 Å². The zero-order chi connectivity index (χ0) is 10.3. The second kappa shape index (κ2) is 3.75. The molecule has 2 fully saturated rings. The molecule has 0 radical (unpaired) electrons. The number of carbonyl (C=O) groups excluding carboxylic acids is 1. The molecule has 1 aliphatic carbocycles. The Kier molecular flexibility index (Phi) is 2.39. The van der Waals surface area contributed by atoms with Gasteiger partial charge in [-0.15, -0.1) is 0 Å². The molecule has 0 bridgehead atoms. The molecule has 1 saturated carbocycles. The van der Waals surface area contributed by atoms with E-state index in [1.165, 1.54) is 4.46 Å². The summed E-state index contributed by atoms with van der Waals surface area (Å²) in [6.45, 7) is 0. The molecule has 2 aliphatic rings. The van der Waals surface area contributed by atoms with Crippen molar-refractivity contribution in [2.75, 3.05) is 0 Å². The SMILES string of the molecule is O=C1C([Se]c2ccccc2)CCC2OC12. The van der Waals surface area contributed by atoms with E-state index in [0.717, 1.165) is 12.8 Å². The van der Waals surface area contributed by atoms with Crippen LogP contribution in [0, 0.1) is 0 Å². The standard InChI is InChI=1S/C12H12O2Se/c13-11-10(7-6-9-12(11)14-9)15-8-4-2-1-3-5-8/h1-5,9-10,12H,6-7H2. The van der Waals surface area contributed by atoms with Gasteiger partial charge in [0.1, 0.15) is 0 Å². The number of fused-ring (bicyclic) bond motifs is 1. The van der Waals surface area contributed by atoms with Gasteiger partial charge in [-0.05, 0) is 0 Å². The van der Waals surface area contributed by atoms with Gasteiger partial charge in [0.15, 0.2) is 0 Å². The molecule has 0 amide bonds. The van der Waals surface area contributed by atoms with Crippen molar-refractivity contribution in [1.82, 2.24) is 0 Å². The fourth-order valence-corrected chi connectivity index (χ4v) is 4.44. The van der Waals surface area contributed by atoms with Crippen LogP contribution >= 0.6 is 0 Å². The molecular formula is C12H12O2Se. The Balaban J connectivity index is 1.70. The van der Waals surface area contributed by atoms with Crippen LogP contribution in [0.15, 0.2) is 30.3 Å². The minimum absolute atomic E-state index is 0.0330. The number of carbonyl (C=O) groups is 1. The fraction of sp³-hybridized carbons (Fsp3) is 0.417. The van der Waals surface area contributed by atoms with Crippen molar-refractivity contribution < 1.29 is 9.53 Å². The molecule has 15 heavy (non-hydrogen) atoms. The third-order valence-corrected chi connectivity index (χ3v) is 5.64. The van der Waals surface area contributed by atoms with E-state index in [9.17, 15) is 4.79 Å². The quantitative estimate of drug-likeness (QED) is 0.589. The first-order chi connectivity index (χ1) is 7.34. The number of hydrogen-bond acceptors (Lipinski definition) is 2. The Bertz CT molecular complexity index is 376. The van der Waals surface area contributed by atoms with Crippen LogP contribution in [-0.2, 0) is 9.53 Å². The molecule has 3 atom stereocenters. The Morgan fingerprint density at radius 2 is 2.00 bits per heavy atom. The molecule has 1 heterocycles. The summed E-state index contributed by atoms with van der Waals surface area (Å²) in [4.78, 5) is 12.1. The topological polar surface area (TPSA) is 29.6 Å². The Morgan fingerprint density at radius 1 is 1.20 bits per heavy atom. The van der Waals surface area contributed by atoms with Gasteiger partial charge in [0.2, 0.25) is 0 Å². The zero-order valence-electron chi connectivity index (χ0n) is 8.26. The maximum atomic E-state index is 11.9. The Labute approximate surface area is 95.2 Å². The number of rotatable bonds is 2. The van der Waals surface area contributed by atoms with E-state index in [2.05, 4.69) is 12.1 Å². The van der Waals surface area contributed by atoms with Crippen molar-refractivity contribution in [3.63, 3.8) is 0 Å². The number of benzene rings is 1. The average Bonchev–Trinajstić information content (AvgIpc) is 3.04. The Hall–Kier alpha value is -0.631. The third-order valence-electron chi connectivity index (χ3n) is 2.92. The summed E-state index contributed by atoms with van der Waals surface area (Å²) in [5.41, 5.74) is 0. The molecule has 78 valence electrons. The molecular weight excluding hydrogens is 255 g/mol. The number of hydrogen-bond donors (Lipinski definition) is 0. The van der Waals surface area contributed by atoms with Crippen LogP contribution in [0.3, 0.4) is 0 Å². The van der Waals surface area contributed by atoms with Crippen molar-refractivity contribution in [2.45, 2.75) is 29.9 Å². The predicted molar refractivity (Wildman–Crippen MR) is 58.5 cm³/mol. The third kappa shape index (κ3) is 1.87. The number of Topliss-reactive ketones (excluding diaryl/α,β-unsaturated/α-hetero) is 1. The van der Waals surface area contributed by atoms with Crippen molar-refractivity contribution in [1.29, 1.82) is 0 Å². The van der Waals surface area contributed by atoms with Crippen LogP contribution in [-0.4, -0.2) is 32.9 Å². The van der Waals surface area contributed by atoms with Crippen molar-refractivity contribution >= 4 is 25.2 Å². The molecule has 0 N–H and O–H groups in total. The second-order valence-electron chi connectivity index (χ2n) is 3.99. The summed E-state index contributed by atoms with van der Waals surface area (Å²) in [7, 11) is 0. The van der Waals surface area contributed by atoms with E-state index in [0.29, 0.717) is 5.78 Å². The van der Waals surface area contributed by atoms with E-state index in [1.807, 2.05) is 18.2 Å². The first kappa shape index (κ1) is 9.59. The van der Waals surface area contributed by atoms with Crippen molar-refractivity contribution in [2.24, 2.45) is 0 Å². The van der Waals surface area contributed by atoms with E-state index < -0.39 is 0 Å². The zero-order valence-corrected chi connectivity index (χ0v) is 9.97. The molecule has 1 aromatic rings. The van der Waals surface area contributed by atoms with Crippen LogP contribution < -0.4 is 4.46 Å². The number of ether oxygens (including phenoxy) is 1. The van der Waals surface area contributed by atoms with Gasteiger partial charge in [-0.2, -0.15) is 0 Å². The van der Waals surface area contributed by atoms with Crippen LogP contribution in [0.25, 0.3) is 0 Å². The summed E-state index contributed by atoms with van der Waals surface area (Å²) in [5.74, 6) is 0.357. The van der Waals surface area contributed by atoms with E-state index in [1.54, 1.807) is 0 Å². The van der Waals surface area contributed by atoms with Gasteiger partial charge < -0.3 is 0 Å². The van der Waals surface area contributed by atoms with Gasteiger partial charge in [0, 0.05) is 0 Å². The van der Waals surface area contributed by atoms with Crippen LogP contribution in [0.1, 0.15) is 12.8 Å². The molecule has 2 nitrogen and oxygen atoms in total. The van der Waals surface area contributed by atoms with E-state index >= 15 is 0 Å². The van der Waals surface area contributed by atoms with Crippen molar-refractivity contribution in [3.8, 4) is 0 Å². The predicted octanol–water partition coefficient (Wildman–Crippen LogP) is 0.935. The Morgan fingerprint density at radius 3 is 2.80 bits per heavy atom. The summed E-state index contributed by atoms with van der Waals surface area (Å²) in [5, 5.41) is 0. The molecule has 3 heteroatoms. The summed E-state index contributed by atoms with van der Waals surface area (Å²) in [6.07, 6.45) is 2.35. The van der Waals surface area contributed by atoms with E-state index in [4.69, 9.17) is 4.74 Å². The minimum atomic E-state index is -0.0330. The first-order valence-corrected chi connectivity index (χ1v) is 7.10. The van der Waals surface area contributed by atoms with Gasteiger partial charge in [-0.25, -0.2) is 0 Å². The van der Waals surface area contributed by atoms with Crippen LogP contribution in [0.4, 0.5) is 0 Å².